The molecule has 0 bridgehead atoms. The molecule has 2 unspecified atom stereocenters. The molecule has 1 heterocycles. The molecule has 0 amide bonds. The molecule has 2 aromatic rings. The number of anilines is 1. The molecule has 2 aromatic carbocycles. The molecule has 0 spiro atoms. The molecule has 1 aliphatic carbocycles. The van der Waals surface area contributed by atoms with Crippen molar-refractivity contribution in [3.8, 4) is 0 Å². The van der Waals surface area contributed by atoms with Crippen molar-refractivity contribution in [3.63, 3.8) is 0 Å². The van der Waals surface area contributed by atoms with E-state index in [0.717, 1.165) is 6.54 Å². The fourth-order valence-corrected chi connectivity index (χ4v) is 3.67. The van der Waals surface area contributed by atoms with Gasteiger partial charge in [0.2, 0.25) is 0 Å². The molecule has 0 fully saturated rings. The van der Waals surface area contributed by atoms with Crippen LogP contribution in [0, 0.1) is 0 Å². The molecule has 1 heteroatoms. The van der Waals surface area contributed by atoms with Crippen molar-refractivity contribution in [2.24, 2.45) is 0 Å². The Kier molecular flexibility index (Phi) is 2.84. The van der Waals surface area contributed by atoms with Crippen LogP contribution in [0.3, 0.4) is 0 Å². The number of allylic oxidation sites excluding steroid dienone is 1. The summed E-state index contributed by atoms with van der Waals surface area (Å²) < 4.78 is 0. The average Bonchev–Trinajstić information content (AvgIpc) is 2.84. The minimum Gasteiger partial charge on any atom is -0.363 e. The molecule has 0 saturated carbocycles. The highest BCUT2D eigenvalue weighted by molar-refractivity contribution is 5.63. The van der Waals surface area contributed by atoms with Gasteiger partial charge in [0.25, 0.3) is 0 Å². The molecule has 1 nitrogen and oxygen atoms in total. The second-order valence-electron chi connectivity index (χ2n) is 5.77. The van der Waals surface area contributed by atoms with Crippen LogP contribution in [0.25, 0.3) is 0 Å². The molecule has 0 saturated heterocycles. The van der Waals surface area contributed by atoms with Gasteiger partial charge in [-0.1, -0.05) is 60.7 Å². The lowest BCUT2D eigenvalue weighted by atomic mass is 9.88. The zero-order valence-corrected chi connectivity index (χ0v) is 11.6. The van der Waals surface area contributed by atoms with E-state index in [2.05, 4.69) is 71.6 Å². The first-order valence-corrected chi connectivity index (χ1v) is 7.49. The fourth-order valence-electron chi connectivity index (χ4n) is 3.67. The maximum atomic E-state index is 2.61. The lowest BCUT2D eigenvalue weighted by Crippen LogP contribution is -2.34. The van der Waals surface area contributed by atoms with Crippen molar-refractivity contribution in [2.45, 2.75) is 31.3 Å². The molecule has 20 heavy (non-hydrogen) atoms. The monoisotopic (exact) mass is 261 g/mol. The Morgan fingerprint density at radius 3 is 2.65 bits per heavy atom. The standard InChI is InChI=1S/C19H19N/c1-2-8-15(9-3-1)14-20-18-12-6-4-10-16(18)17-11-5-7-13-19(17)20/h1-6,8-12,17,19H,7,13-14H2. The Morgan fingerprint density at radius 2 is 1.75 bits per heavy atom. The molecule has 0 radical (unpaired) electrons. The van der Waals surface area contributed by atoms with Crippen molar-refractivity contribution in [2.75, 3.05) is 4.90 Å². The Morgan fingerprint density at radius 1 is 0.950 bits per heavy atom. The van der Waals surface area contributed by atoms with Crippen molar-refractivity contribution >= 4 is 5.69 Å². The van der Waals surface area contributed by atoms with Gasteiger partial charge in [0.15, 0.2) is 0 Å². The third-order valence-corrected chi connectivity index (χ3v) is 4.59. The van der Waals surface area contributed by atoms with E-state index in [9.17, 15) is 0 Å². The molecular weight excluding hydrogens is 242 g/mol. The number of rotatable bonds is 2. The topological polar surface area (TPSA) is 3.24 Å². The highest BCUT2D eigenvalue weighted by Crippen LogP contribution is 2.45. The van der Waals surface area contributed by atoms with Crippen LogP contribution in [-0.2, 0) is 6.54 Å². The normalized spacial score (nSPS) is 23.5. The third-order valence-electron chi connectivity index (χ3n) is 4.59. The molecule has 0 aromatic heterocycles. The van der Waals surface area contributed by atoms with E-state index in [4.69, 9.17) is 0 Å². The first-order chi connectivity index (χ1) is 9.93. The summed E-state index contributed by atoms with van der Waals surface area (Å²) in [5.41, 5.74) is 4.33. The number of nitrogens with zero attached hydrogens (tertiary/aromatic N) is 1. The number of fused-ring (bicyclic) bond motifs is 3. The van der Waals surface area contributed by atoms with E-state index in [1.54, 1.807) is 0 Å². The van der Waals surface area contributed by atoms with Crippen LogP contribution >= 0.6 is 0 Å². The van der Waals surface area contributed by atoms with Crippen LogP contribution in [-0.4, -0.2) is 6.04 Å². The van der Waals surface area contributed by atoms with Gasteiger partial charge in [-0.15, -0.1) is 0 Å². The van der Waals surface area contributed by atoms with Crippen molar-refractivity contribution in [1.82, 2.24) is 0 Å². The largest absolute Gasteiger partial charge is 0.363 e. The van der Waals surface area contributed by atoms with Gasteiger partial charge in [-0.3, -0.25) is 0 Å². The van der Waals surface area contributed by atoms with Gasteiger partial charge in [-0.05, 0) is 30.0 Å². The zero-order chi connectivity index (χ0) is 13.4. The SMILES string of the molecule is C1=CC2c3ccccc3N(Cc3ccccc3)C2CC1. The van der Waals surface area contributed by atoms with Crippen LogP contribution in [0.1, 0.15) is 29.9 Å². The summed E-state index contributed by atoms with van der Waals surface area (Å²) in [6, 6.07) is 20.4. The quantitative estimate of drug-likeness (QED) is 0.719. The molecule has 0 N–H and O–H groups in total. The lowest BCUT2D eigenvalue weighted by molar-refractivity contribution is 0.526. The predicted molar refractivity (Wildman–Crippen MR) is 84.0 cm³/mol. The Balaban J connectivity index is 1.73. The van der Waals surface area contributed by atoms with Crippen LogP contribution < -0.4 is 4.90 Å². The van der Waals surface area contributed by atoms with Crippen LogP contribution in [0.5, 0.6) is 0 Å². The summed E-state index contributed by atoms with van der Waals surface area (Å²) in [4.78, 5) is 2.61. The van der Waals surface area contributed by atoms with Crippen LogP contribution in [0.2, 0.25) is 0 Å². The summed E-state index contributed by atoms with van der Waals surface area (Å²) in [6.45, 7) is 1.02. The second kappa shape index (κ2) is 4.82. The van der Waals surface area contributed by atoms with Crippen LogP contribution in [0.4, 0.5) is 5.69 Å². The molecular formula is C19H19N. The molecule has 1 aliphatic heterocycles. The van der Waals surface area contributed by atoms with Gasteiger partial charge < -0.3 is 4.90 Å². The third kappa shape index (κ3) is 1.85. The van der Waals surface area contributed by atoms with Crippen molar-refractivity contribution < 1.29 is 0 Å². The average molecular weight is 261 g/mol. The highest BCUT2D eigenvalue weighted by atomic mass is 15.2. The van der Waals surface area contributed by atoms with E-state index >= 15 is 0 Å². The Hall–Kier alpha value is -2.02. The van der Waals surface area contributed by atoms with Crippen molar-refractivity contribution in [1.29, 1.82) is 0 Å². The van der Waals surface area contributed by atoms with Crippen LogP contribution in [0.15, 0.2) is 66.7 Å². The number of benzene rings is 2. The number of para-hydroxylation sites is 1. The zero-order valence-electron chi connectivity index (χ0n) is 11.6. The van der Waals surface area contributed by atoms with Gasteiger partial charge in [0.05, 0.1) is 0 Å². The number of hydrogen-bond donors (Lipinski definition) is 0. The maximum absolute atomic E-state index is 2.61. The Labute approximate surface area is 120 Å². The highest BCUT2D eigenvalue weighted by Gasteiger charge is 2.37. The molecule has 2 aliphatic rings. The summed E-state index contributed by atoms with van der Waals surface area (Å²) in [6.07, 6.45) is 7.24. The van der Waals surface area contributed by atoms with Gasteiger partial charge in [-0.25, -0.2) is 0 Å². The van der Waals surface area contributed by atoms with E-state index in [-0.39, 0.29) is 0 Å². The second-order valence-corrected chi connectivity index (χ2v) is 5.77. The minimum atomic E-state index is 0.587. The van der Waals surface area contributed by atoms with E-state index in [0.29, 0.717) is 12.0 Å². The summed E-state index contributed by atoms with van der Waals surface area (Å²) in [7, 11) is 0. The van der Waals surface area contributed by atoms with E-state index in [1.807, 2.05) is 0 Å². The number of hydrogen-bond acceptors (Lipinski definition) is 1. The summed E-state index contributed by atoms with van der Waals surface area (Å²) in [5, 5.41) is 0. The van der Waals surface area contributed by atoms with Gasteiger partial charge in [0, 0.05) is 24.2 Å². The first-order valence-electron chi connectivity index (χ1n) is 7.49. The van der Waals surface area contributed by atoms with E-state index < -0.39 is 0 Å². The predicted octanol–water partition coefficient (Wildman–Crippen LogP) is 4.51. The van der Waals surface area contributed by atoms with Gasteiger partial charge in [0.1, 0.15) is 0 Å². The summed E-state index contributed by atoms with van der Waals surface area (Å²) >= 11 is 0. The maximum Gasteiger partial charge on any atom is 0.0433 e. The minimum absolute atomic E-state index is 0.587. The summed E-state index contributed by atoms with van der Waals surface area (Å²) in [5.74, 6) is 0.587. The fraction of sp³-hybridized carbons (Fsp3) is 0.263. The van der Waals surface area contributed by atoms with Gasteiger partial charge >= 0.3 is 0 Å². The smallest absolute Gasteiger partial charge is 0.0433 e. The molecule has 4 rings (SSSR count). The Bertz CT molecular complexity index is 629. The van der Waals surface area contributed by atoms with Gasteiger partial charge in [-0.2, -0.15) is 0 Å². The lowest BCUT2D eigenvalue weighted by Gasteiger charge is -2.31. The van der Waals surface area contributed by atoms with E-state index in [1.165, 1.54) is 29.7 Å². The molecule has 100 valence electrons. The first kappa shape index (κ1) is 11.8. The molecule has 2 atom stereocenters. The van der Waals surface area contributed by atoms with Crippen molar-refractivity contribution in [3.05, 3.63) is 77.9 Å².